The van der Waals surface area contributed by atoms with Gasteiger partial charge in [-0.2, -0.15) is 0 Å². The minimum absolute atomic E-state index is 0.503. The molecule has 11 aromatic carbocycles. The predicted octanol–water partition coefficient (Wildman–Crippen LogP) is 18.2. The number of para-hydroxylation sites is 4. The molecule has 0 saturated heterocycles. The molecule has 12 aromatic rings. The molecule has 1 unspecified atom stereocenters. The first-order valence-electron chi connectivity index (χ1n) is 24.1. The van der Waals surface area contributed by atoms with Crippen LogP contribution < -0.4 is 9.80 Å². The SMILES string of the molecule is c1ccc(N(c2ccccc2)c2ccc(-c3cccc4c3-c3ccccc3C43c4ccccc4-c4ccc(-c5ccc(N(c6ccccc6)c6cccc7oc8ccccc8c67)cc5)cc43)cc2)cc1. The van der Waals surface area contributed by atoms with Crippen molar-refractivity contribution >= 4 is 56.1 Å². The van der Waals surface area contributed by atoms with E-state index in [1.165, 1.54) is 61.2 Å². The standard InChI is InChI=1S/C67H44N2O/c1-4-18-48(19-5-1)68(49-20-6-2-7-21-49)51-41-36-46(37-42-51)53-27-16-30-60-65(53)56-25-11-14-29-59(56)67(60)58-28-13-10-24-54(58)55-43-38-47(44-61(55)67)45-34-39-52(40-35-45)69(50-22-8-3-9-23-50)62-31-17-33-64-66(62)57-26-12-15-32-63(57)70-64/h1-44H. The van der Waals surface area contributed by atoms with E-state index in [1.54, 1.807) is 0 Å². The third-order valence-corrected chi connectivity index (χ3v) is 14.7. The van der Waals surface area contributed by atoms with Crippen molar-refractivity contribution in [1.82, 2.24) is 0 Å². The molecule has 0 amide bonds. The van der Waals surface area contributed by atoms with Gasteiger partial charge in [0.15, 0.2) is 0 Å². The van der Waals surface area contributed by atoms with Crippen LogP contribution in [0.1, 0.15) is 22.3 Å². The van der Waals surface area contributed by atoms with Crippen LogP contribution in [0.4, 0.5) is 34.1 Å². The normalized spacial score (nSPS) is 14.1. The van der Waals surface area contributed by atoms with E-state index in [9.17, 15) is 0 Å². The summed E-state index contributed by atoms with van der Waals surface area (Å²) in [4.78, 5) is 4.67. The summed E-state index contributed by atoms with van der Waals surface area (Å²) in [5.74, 6) is 0. The molecule has 3 heteroatoms. The van der Waals surface area contributed by atoms with Gasteiger partial charge in [0.25, 0.3) is 0 Å². The summed E-state index contributed by atoms with van der Waals surface area (Å²) < 4.78 is 6.38. The molecule has 1 heterocycles. The molecular weight excluding hydrogens is 849 g/mol. The Balaban J connectivity index is 0.893. The van der Waals surface area contributed by atoms with Crippen LogP contribution in [0.15, 0.2) is 271 Å². The average molecular weight is 893 g/mol. The van der Waals surface area contributed by atoms with E-state index in [0.29, 0.717) is 0 Å². The first kappa shape index (κ1) is 39.9. The van der Waals surface area contributed by atoms with Gasteiger partial charge in [-0.3, -0.25) is 0 Å². The fraction of sp³-hybridized carbons (Fsp3) is 0.0149. The van der Waals surface area contributed by atoms with Crippen LogP contribution >= 0.6 is 0 Å². The van der Waals surface area contributed by atoms with Crippen molar-refractivity contribution in [2.75, 3.05) is 9.80 Å². The Hall–Kier alpha value is -9.18. The minimum Gasteiger partial charge on any atom is -0.456 e. The second kappa shape index (κ2) is 16.0. The lowest BCUT2D eigenvalue weighted by Crippen LogP contribution is -2.25. The molecule has 1 spiro atoms. The zero-order chi connectivity index (χ0) is 46.2. The third kappa shape index (κ3) is 6.01. The van der Waals surface area contributed by atoms with Gasteiger partial charge in [0.1, 0.15) is 11.2 Å². The van der Waals surface area contributed by atoms with Gasteiger partial charge in [-0.15, -0.1) is 0 Å². The Bertz CT molecular complexity index is 3890. The van der Waals surface area contributed by atoms with Gasteiger partial charge in [-0.05, 0) is 152 Å². The molecule has 3 nitrogen and oxygen atoms in total. The summed E-state index contributed by atoms with van der Waals surface area (Å²) in [5.41, 5.74) is 23.1. The molecule has 328 valence electrons. The molecule has 14 rings (SSSR count). The first-order valence-corrected chi connectivity index (χ1v) is 24.1. The van der Waals surface area contributed by atoms with E-state index in [4.69, 9.17) is 4.42 Å². The van der Waals surface area contributed by atoms with Crippen LogP contribution in [0.25, 0.3) is 66.4 Å². The highest BCUT2D eigenvalue weighted by Gasteiger charge is 2.52. The summed E-state index contributed by atoms with van der Waals surface area (Å²) in [5, 5.41) is 2.21. The van der Waals surface area contributed by atoms with Crippen molar-refractivity contribution < 1.29 is 4.42 Å². The number of fused-ring (bicyclic) bond motifs is 13. The maximum absolute atomic E-state index is 6.38. The van der Waals surface area contributed by atoms with Crippen LogP contribution in [0.5, 0.6) is 0 Å². The highest BCUT2D eigenvalue weighted by Crippen LogP contribution is 2.64. The molecule has 0 radical (unpaired) electrons. The van der Waals surface area contributed by atoms with Gasteiger partial charge in [0, 0.05) is 33.8 Å². The number of rotatable bonds is 8. The minimum atomic E-state index is -0.503. The monoisotopic (exact) mass is 892 g/mol. The van der Waals surface area contributed by atoms with Gasteiger partial charge in [-0.1, -0.05) is 182 Å². The van der Waals surface area contributed by atoms with E-state index in [2.05, 4.69) is 265 Å². The van der Waals surface area contributed by atoms with Crippen molar-refractivity contribution in [1.29, 1.82) is 0 Å². The van der Waals surface area contributed by atoms with E-state index in [1.807, 2.05) is 12.1 Å². The summed E-state index contributed by atoms with van der Waals surface area (Å²) in [6.07, 6.45) is 0. The zero-order valence-electron chi connectivity index (χ0n) is 38.2. The van der Waals surface area contributed by atoms with E-state index >= 15 is 0 Å². The van der Waals surface area contributed by atoms with Gasteiger partial charge in [0.05, 0.1) is 16.5 Å². The van der Waals surface area contributed by atoms with Gasteiger partial charge in [-0.25, -0.2) is 0 Å². The maximum atomic E-state index is 6.38. The van der Waals surface area contributed by atoms with E-state index in [0.717, 1.165) is 61.6 Å². The van der Waals surface area contributed by atoms with Crippen LogP contribution in [0.3, 0.4) is 0 Å². The second-order valence-corrected chi connectivity index (χ2v) is 18.3. The molecule has 0 N–H and O–H groups in total. The number of hydrogen-bond acceptors (Lipinski definition) is 3. The molecule has 2 aliphatic carbocycles. The Morgan fingerprint density at radius 1 is 0.286 bits per heavy atom. The molecule has 0 fully saturated rings. The molecule has 2 aliphatic rings. The Morgan fingerprint density at radius 2 is 0.757 bits per heavy atom. The summed E-state index contributed by atoms with van der Waals surface area (Å²) >= 11 is 0. The van der Waals surface area contributed by atoms with Crippen LogP contribution in [0, 0.1) is 0 Å². The lowest BCUT2D eigenvalue weighted by atomic mass is 9.70. The summed E-state index contributed by atoms with van der Waals surface area (Å²) in [6.45, 7) is 0. The number of anilines is 6. The van der Waals surface area contributed by atoms with Gasteiger partial charge < -0.3 is 14.2 Å². The van der Waals surface area contributed by atoms with Gasteiger partial charge in [0.2, 0.25) is 0 Å². The van der Waals surface area contributed by atoms with Crippen molar-refractivity contribution in [2.24, 2.45) is 0 Å². The second-order valence-electron chi connectivity index (χ2n) is 18.3. The zero-order valence-corrected chi connectivity index (χ0v) is 38.2. The highest BCUT2D eigenvalue weighted by atomic mass is 16.3. The van der Waals surface area contributed by atoms with Crippen LogP contribution in [-0.2, 0) is 5.41 Å². The topological polar surface area (TPSA) is 19.6 Å². The van der Waals surface area contributed by atoms with E-state index in [-0.39, 0.29) is 0 Å². The van der Waals surface area contributed by atoms with Crippen LogP contribution in [0.2, 0.25) is 0 Å². The Kier molecular flexibility index (Phi) is 9.11. The number of hydrogen-bond donors (Lipinski definition) is 0. The molecule has 0 saturated carbocycles. The van der Waals surface area contributed by atoms with Crippen molar-refractivity contribution in [3.8, 4) is 44.5 Å². The molecule has 0 bridgehead atoms. The maximum Gasteiger partial charge on any atom is 0.137 e. The number of benzene rings is 11. The highest BCUT2D eigenvalue weighted by molar-refractivity contribution is 6.13. The molecule has 1 aromatic heterocycles. The summed E-state index contributed by atoms with van der Waals surface area (Å²) in [7, 11) is 0. The smallest absolute Gasteiger partial charge is 0.137 e. The predicted molar refractivity (Wildman–Crippen MR) is 290 cm³/mol. The Morgan fingerprint density at radius 3 is 1.46 bits per heavy atom. The van der Waals surface area contributed by atoms with Crippen molar-refractivity contribution in [3.05, 3.63) is 289 Å². The lowest BCUT2D eigenvalue weighted by Gasteiger charge is -2.31. The fourth-order valence-electron chi connectivity index (χ4n) is 11.7. The van der Waals surface area contributed by atoms with Crippen molar-refractivity contribution in [3.63, 3.8) is 0 Å². The fourth-order valence-corrected chi connectivity index (χ4v) is 11.7. The summed E-state index contributed by atoms with van der Waals surface area (Å²) in [6, 6.07) is 97.1. The average Bonchev–Trinajstić information content (AvgIpc) is 4.07. The lowest BCUT2D eigenvalue weighted by molar-refractivity contribution is 0.669. The molecule has 0 aliphatic heterocycles. The molecule has 70 heavy (non-hydrogen) atoms. The third-order valence-electron chi connectivity index (χ3n) is 14.7. The Labute approximate surface area is 407 Å². The molecule has 1 atom stereocenters. The van der Waals surface area contributed by atoms with Crippen LogP contribution in [-0.4, -0.2) is 0 Å². The largest absolute Gasteiger partial charge is 0.456 e. The van der Waals surface area contributed by atoms with Crippen molar-refractivity contribution in [2.45, 2.75) is 5.41 Å². The number of nitrogens with zero attached hydrogens (tertiary/aromatic N) is 2. The first-order chi connectivity index (χ1) is 34.7. The van der Waals surface area contributed by atoms with E-state index < -0.39 is 5.41 Å². The molecular formula is C67H44N2O. The van der Waals surface area contributed by atoms with Gasteiger partial charge >= 0.3 is 0 Å². The number of furan rings is 1. The quantitative estimate of drug-likeness (QED) is 0.152.